The molecule has 0 amide bonds. The molecule has 0 radical (unpaired) electrons. The molecule has 22 heavy (non-hydrogen) atoms. The molecule has 130 valence electrons. The van der Waals surface area contributed by atoms with Crippen molar-refractivity contribution in [1.82, 2.24) is 10.6 Å². The van der Waals surface area contributed by atoms with Crippen molar-refractivity contribution in [3.8, 4) is 0 Å². The first kappa shape index (κ1) is 21.1. The Morgan fingerprint density at radius 1 is 0.864 bits per heavy atom. The topological polar surface area (TPSA) is 24.1 Å². The van der Waals surface area contributed by atoms with Crippen LogP contribution in [-0.4, -0.2) is 13.1 Å². The van der Waals surface area contributed by atoms with Crippen LogP contribution >= 0.6 is 0 Å². The van der Waals surface area contributed by atoms with Gasteiger partial charge in [0.05, 0.1) is 0 Å². The maximum Gasteiger partial charge on any atom is 0.0169 e. The van der Waals surface area contributed by atoms with Crippen molar-refractivity contribution in [2.24, 2.45) is 17.8 Å². The highest BCUT2D eigenvalue weighted by Gasteiger charge is 2.04. The quantitative estimate of drug-likeness (QED) is 0.415. The number of hydrogen-bond donors (Lipinski definition) is 2. The largest absolute Gasteiger partial charge is 0.389 e. The molecule has 0 aromatic heterocycles. The molecule has 0 aromatic rings. The summed E-state index contributed by atoms with van der Waals surface area (Å²) in [6.07, 6.45) is 7.52. The van der Waals surface area contributed by atoms with E-state index in [-0.39, 0.29) is 0 Å². The lowest BCUT2D eigenvalue weighted by Gasteiger charge is -2.17. The zero-order valence-electron chi connectivity index (χ0n) is 15.8. The van der Waals surface area contributed by atoms with Crippen molar-refractivity contribution in [2.75, 3.05) is 13.1 Å². The lowest BCUT2D eigenvalue weighted by atomic mass is 10.0. The lowest BCUT2D eigenvalue weighted by molar-refractivity contribution is 0.461. The minimum Gasteiger partial charge on any atom is -0.389 e. The molecular weight excluding hydrogens is 268 g/mol. The van der Waals surface area contributed by atoms with Gasteiger partial charge in [-0.25, -0.2) is 0 Å². The second-order valence-electron chi connectivity index (χ2n) is 7.48. The minimum atomic E-state index is 0.530. The van der Waals surface area contributed by atoms with Crippen molar-refractivity contribution in [1.29, 1.82) is 0 Å². The van der Waals surface area contributed by atoms with E-state index in [4.69, 9.17) is 0 Å². The van der Waals surface area contributed by atoms with Crippen LogP contribution in [-0.2, 0) is 0 Å². The van der Waals surface area contributed by atoms with Gasteiger partial charge in [0.2, 0.25) is 0 Å². The summed E-state index contributed by atoms with van der Waals surface area (Å²) in [4.78, 5) is 0. The van der Waals surface area contributed by atoms with Crippen LogP contribution in [0.5, 0.6) is 0 Å². The van der Waals surface area contributed by atoms with E-state index < -0.39 is 0 Å². The maximum atomic E-state index is 4.10. The van der Waals surface area contributed by atoms with Crippen LogP contribution in [0.4, 0.5) is 0 Å². The highest BCUT2D eigenvalue weighted by molar-refractivity contribution is 4.94. The molecule has 0 spiro atoms. The maximum absolute atomic E-state index is 4.10. The number of rotatable bonds is 14. The van der Waals surface area contributed by atoms with Gasteiger partial charge in [0.25, 0.3) is 0 Å². The summed E-state index contributed by atoms with van der Waals surface area (Å²) >= 11 is 0. The molecule has 1 atom stereocenters. The molecule has 0 fully saturated rings. The molecule has 0 bridgehead atoms. The van der Waals surface area contributed by atoms with E-state index in [0.29, 0.717) is 5.92 Å². The van der Waals surface area contributed by atoms with Gasteiger partial charge in [-0.3, -0.25) is 0 Å². The first-order valence-electron chi connectivity index (χ1n) is 9.17. The van der Waals surface area contributed by atoms with Crippen molar-refractivity contribution in [3.05, 3.63) is 24.6 Å². The van der Waals surface area contributed by atoms with E-state index in [1.54, 1.807) is 0 Å². The normalized spacial score (nSPS) is 12.5. The van der Waals surface area contributed by atoms with Gasteiger partial charge in [-0.2, -0.15) is 0 Å². The van der Waals surface area contributed by atoms with Gasteiger partial charge in [0.15, 0.2) is 0 Å². The van der Waals surface area contributed by atoms with Crippen molar-refractivity contribution in [3.63, 3.8) is 0 Å². The van der Waals surface area contributed by atoms with E-state index in [9.17, 15) is 0 Å². The Hall–Kier alpha value is -0.920. The Morgan fingerprint density at radius 3 is 2.14 bits per heavy atom. The molecule has 2 heteroatoms. The average Bonchev–Trinajstić information content (AvgIpc) is 2.45. The van der Waals surface area contributed by atoms with Gasteiger partial charge in [-0.05, 0) is 43.4 Å². The van der Waals surface area contributed by atoms with Crippen molar-refractivity contribution in [2.45, 2.75) is 73.1 Å². The highest BCUT2D eigenvalue weighted by Crippen LogP contribution is 2.11. The van der Waals surface area contributed by atoms with E-state index in [1.165, 1.54) is 37.8 Å². The SMILES string of the molecule is C=C(CCC(C)C)NCCCCCC(C)CNC(=C)C(C)C. The lowest BCUT2D eigenvalue weighted by Crippen LogP contribution is -2.22. The van der Waals surface area contributed by atoms with E-state index in [0.717, 1.165) is 37.0 Å². The van der Waals surface area contributed by atoms with Crippen LogP contribution in [0.25, 0.3) is 0 Å². The van der Waals surface area contributed by atoms with E-state index in [2.05, 4.69) is 58.4 Å². The van der Waals surface area contributed by atoms with Crippen LogP contribution < -0.4 is 10.6 Å². The van der Waals surface area contributed by atoms with Crippen molar-refractivity contribution < 1.29 is 0 Å². The Balaban J connectivity index is 3.45. The predicted octanol–water partition coefficient (Wildman–Crippen LogP) is 5.48. The van der Waals surface area contributed by atoms with E-state index >= 15 is 0 Å². The van der Waals surface area contributed by atoms with Gasteiger partial charge in [-0.1, -0.05) is 60.6 Å². The molecule has 0 aliphatic rings. The Labute approximate surface area is 139 Å². The molecule has 0 aliphatic carbocycles. The molecule has 0 rings (SSSR count). The monoisotopic (exact) mass is 308 g/mol. The van der Waals surface area contributed by atoms with E-state index in [1.807, 2.05) is 0 Å². The fraction of sp³-hybridized carbons (Fsp3) is 0.800. The molecule has 0 saturated heterocycles. The fourth-order valence-corrected chi connectivity index (χ4v) is 2.22. The minimum absolute atomic E-state index is 0.530. The third-order valence-electron chi connectivity index (χ3n) is 4.15. The third kappa shape index (κ3) is 12.8. The summed E-state index contributed by atoms with van der Waals surface area (Å²) in [5.74, 6) is 2.02. The second kappa shape index (κ2) is 12.6. The molecule has 0 heterocycles. The number of allylic oxidation sites excluding steroid dienone is 2. The van der Waals surface area contributed by atoms with Gasteiger partial charge in [0.1, 0.15) is 0 Å². The zero-order chi connectivity index (χ0) is 17.0. The smallest absolute Gasteiger partial charge is 0.0169 e. The number of nitrogens with one attached hydrogen (secondary N) is 2. The first-order chi connectivity index (χ1) is 10.3. The Kier molecular flexibility index (Phi) is 12.1. The summed E-state index contributed by atoms with van der Waals surface area (Å²) < 4.78 is 0. The zero-order valence-corrected chi connectivity index (χ0v) is 15.8. The van der Waals surface area contributed by atoms with Crippen LogP contribution in [0.2, 0.25) is 0 Å². The Bertz CT molecular complexity index is 305. The average molecular weight is 309 g/mol. The molecule has 0 aliphatic heterocycles. The van der Waals surface area contributed by atoms with Gasteiger partial charge >= 0.3 is 0 Å². The third-order valence-corrected chi connectivity index (χ3v) is 4.15. The van der Waals surface area contributed by atoms with Gasteiger partial charge in [0, 0.05) is 24.5 Å². The first-order valence-corrected chi connectivity index (χ1v) is 9.17. The van der Waals surface area contributed by atoms with Crippen molar-refractivity contribution >= 4 is 0 Å². The van der Waals surface area contributed by atoms with Crippen LogP contribution in [0, 0.1) is 17.8 Å². The summed E-state index contributed by atoms with van der Waals surface area (Å²) in [5.41, 5.74) is 2.37. The molecule has 0 saturated carbocycles. The summed E-state index contributed by atoms with van der Waals surface area (Å²) in [6, 6.07) is 0. The predicted molar refractivity (Wildman–Crippen MR) is 101 cm³/mol. The Morgan fingerprint density at radius 2 is 1.55 bits per heavy atom. The summed E-state index contributed by atoms with van der Waals surface area (Å²) in [5, 5.41) is 6.91. The summed E-state index contributed by atoms with van der Waals surface area (Å²) in [6.45, 7) is 21.5. The molecule has 2 nitrogen and oxygen atoms in total. The fourth-order valence-electron chi connectivity index (χ4n) is 2.22. The molecule has 1 unspecified atom stereocenters. The standard InChI is InChI=1S/C20H40N2/c1-16(2)12-13-19(6)21-14-10-8-9-11-18(5)15-22-20(7)17(3)4/h16-18,21-22H,6-15H2,1-5H3. The van der Waals surface area contributed by atoms with Gasteiger partial charge < -0.3 is 10.6 Å². The highest BCUT2D eigenvalue weighted by atomic mass is 14.9. The van der Waals surface area contributed by atoms with Crippen LogP contribution in [0.15, 0.2) is 24.6 Å². The van der Waals surface area contributed by atoms with Crippen LogP contribution in [0.1, 0.15) is 73.1 Å². The molecular formula is C20H40N2. The number of hydrogen-bond acceptors (Lipinski definition) is 2. The second-order valence-corrected chi connectivity index (χ2v) is 7.48. The van der Waals surface area contributed by atoms with Crippen LogP contribution in [0.3, 0.4) is 0 Å². The number of unbranched alkanes of at least 4 members (excludes halogenated alkanes) is 2. The van der Waals surface area contributed by atoms with Gasteiger partial charge in [-0.15, -0.1) is 0 Å². The summed E-state index contributed by atoms with van der Waals surface area (Å²) in [7, 11) is 0. The molecule has 2 N–H and O–H groups in total. The molecule has 0 aromatic carbocycles.